The summed E-state index contributed by atoms with van der Waals surface area (Å²) in [5.41, 5.74) is 7.90. The fraction of sp³-hybridized carbons (Fsp3) is 0.174. The molecule has 1 aromatic heterocycles. The maximum Gasteiger partial charge on any atom is 0.321 e. The standard InChI is InChI=1S/C23H23FN6O2/c24-18-8-7-16(11-20(18)29-23(32)30-9-4-10-30)28-21-12-19(17(14-27-21)22(25)31)26-13-15-5-2-1-3-6-15/h1-3,5-8,11-12,14H,4,9-10,13H2,(H2,25,31)(H,29,32)(H2,26,27,28). The molecule has 164 valence electrons. The van der Waals surface area contributed by atoms with Crippen LogP contribution >= 0.6 is 0 Å². The van der Waals surface area contributed by atoms with Crippen LogP contribution < -0.4 is 21.7 Å². The van der Waals surface area contributed by atoms with E-state index in [9.17, 15) is 14.0 Å². The highest BCUT2D eigenvalue weighted by atomic mass is 19.1. The molecule has 0 unspecified atom stereocenters. The second-order valence-corrected chi connectivity index (χ2v) is 7.41. The number of pyridine rings is 1. The highest BCUT2D eigenvalue weighted by molar-refractivity contribution is 5.98. The van der Waals surface area contributed by atoms with E-state index in [-0.39, 0.29) is 17.3 Å². The minimum atomic E-state index is -0.600. The number of halogens is 1. The van der Waals surface area contributed by atoms with Crippen molar-refractivity contribution in [2.24, 2.45) is 5.73 Å². The number of aromatic nitrogens is 1. The summed E-state index contributed by atoms with van der Waals surface area (Å²) in [7, 11) is 0. The van der Waals surface area contributed by atoms with Gasteiger partial charge < -0.3 is 26.6 Å². The Labute approximate surface area is 184 Å². The number of nitrogens with zero attached hydrogens (tertiary/aromatic N) is 2. The van der Waals surface area contributed by atoms with Crippen LogP contribution in [0, 0.1) is 5.82 Å². The molecule has 4 rings (SSSR count). The van der Waals surface area contributed by atoms with Crippen molar-refractivity contribution < 1.29 is 14.0 Å². The fourth-order valence-corrected chi connectivity index (χ4v) is 3.22. The first-order valence-electron chi connectivity index (χ1n) is 10.2. The maximum atomic E-state index is 14.2. The average molecular weight is 434 g/mol. The third kappa shape index (κ3) is 4.94. The van der Waals surface area contributed by atoms with Gasteiger partial charge in [-0.25, -0.2) is 14.2 Å². The van der Waals surface area contributed by atoms with Crippen molar-refractivity contribution in [1.29, 1.82) is 0 Å². The van der Waals surface area contributed by atoms with Gasteiger partial charge in [0.05, 0.1) is 16.9 Å². The van der Waals surface area contributed by atoms with Gasteiger partial charge >= 0.3 is 6.03 Å². The van der Waals surface area contributed by atoms with Crippen molar-refractivity contribution in [2.75, 3.05) is 29.0 Å². The summed E-state index contributed by atoms with van der Waals surface area (Å²) in [5, 5.41) is 8.87. The van der Waals surface area contributed by atoms with E-state index in [2.05, 4.69) is 20.9 Å². The summed E-state index contributed by atoms with van der Waals surface area (Å²) >= 11 is 0. The highest BCUT2D eigenvalue weighted by Crippen LogP contribution is 2.26. The Morgan fingerprint density at radius 1 is 1.06 bits per heavy atom. The molecular formula is C23H23FN6O2. The first-order chi connectivity index (χ1) is 15.5. The smallest absolute Gasteiger partial charge is 0.321 e. The third-order valence-electron chi connectivity index (χ3n) is 5.12. The number of hydrogen-bond donors (Lipinski definition) is 4. The average Bonchev–Trinajstić information content (AvgIpc) is 2.74. The van der Waals surface area contributed by atoms with Crippen LogP contribution in [0.3, 0.4) is 0 Å². The molecule has 0 aliphatic carbocycles. The SMILES string of the molecule is NC(=O)c1cnc(Nc2ccc(F)c(NC(=O)N3CCC3)c2)cc1NCc1ccccc1. The molecule has 5 N–H and O–H groups in total. The number of hydrogen-bond acceptors (Lipinski definition) is 5. The van der Waals surface area contributed by atoms with Crippen LogP contribution in [0.5, 0.6) is 0 Å². The van der Waals surface area contributed by atoms with E-state index in [0.29, 0.717) is 36.8 Å². The second kappa shape index (κ2) is 9.34. The minimum Gasteiger partial charge on any atom is -0.380 e. The predicted molar refractivity (Wildman–Crippen MR) is 121 cm³/mol. The quantitative estimate of drug-likeness (QED) is 0.450. The lowest BCUT2D eigenvalue weighted by molar-refractivity contribution is 0.100. The third-order valence-corrected chi connectivity index (χ3v) is 5.12. The molecule has 1 aliphatic heterocycles. The Bertz CT molecular complexity index is 1130. The summed E-state index contributed by atoms with van der Waals surface area (Å²) in [6, 6.07) is 15.3. The number of amides is 3. The molecule has 0 saturated carbocycles. The number of primary amides is 1. The topological polar surface area (TPSA) is 112 Å². The van der Waals surface area contributed by atoms with Gasteiger partial charge in [-0.1, -0.05) is 30.3 Å². The molecule has 8 nitrogen and oxygen atoms in total. The predicted octanol–water partition coefficient (Wildman–Crippen LogP) is 3.91. The van der Waals surface area contributed by atoms with Crippen LogP contribution in [0.15, 0.2) is 60.8 Å². The maximum absolute atomic E-state index is 14.2. The Balaban J connectivity index is 1.51. The van der Waals surface area contributed by atoms with E-state index < -0.39 is 11.7 Å². The molecule has 32 heavy (non-hydrogen) atoms. The van der Waals surface area contributed by atoms with Crippen LogP contribution in [0.25, 0.3) is 0 Å². The van der Waals surface area contributed by atoms with E-state index in [1.54, 1.807) is 11.0 Å². The number of nitrogens with one attached hydrogen (secondary N) is 3. The highest BCUT2D eigenvalue weighted by Gasteiger charge is 2.21. The lowest BCUT2D eigenvalue weighted by Crippen LogP contribution is -2.44. The van der Waals surface area contributed by atoms with Crippen LogP contribution in [-0.2, 0) is 6.54 Å². The molecule has 2 aromatic carbocycles. The number of rotatable bonds is 7. The van der Waals surface area contributed by atoms with E-state index in [4.69, 9.17) is 5.73 Å². The molecule has 3 aromatic rings. The summed E-state index contributed by atoms with van der Waals surface area (Å²) in [6.07, 6.45) is 2.33. The lowest BCUT2D eigenvalue weighted by atomic mass is 10.2. The zero-order valence-electron chi connectivity index (χ0n) is 17.3. The largest absolute Gasteiger partial charge is 0.380 e. The molecule has 1 aliphatic rings. The van der Waals surface area contributed by atoms with E-state index in [1.807, 2.05) is 30.3 Å². The first kappa shape index (κ1) is 21.1. The first-order valence-corrected chi connectivity index (χ1v) is 10.2. The van der Waals surface area contributed by atoms with Crippen LogP contribution in [0.2, 0.25) is 0 Å². The second-order valence-electron chi connectivity index (χ2n) is 7.41. The van der Waals surface area contributed by atoms with E-state index in [1.165, 1.54) is 24.4 Å². The molecule has 1 fully saturated rings. The van der Waals surface area contributed by atoms with Gasteiger partial charge in [0.2, 0.25) is 0 Å². The fourth-order valence-electron chi connectivity index (χ4n) is 3.22. The molecule has 0 spiro atoms. The Kier molecular flexibility index (Phi) is 6.16. The van der Waals surface area contributed by atoms with Gasteiger partial charge in [-0.3, -0.25) is 4.79 Å². The van der Waals surface area contributed by atoms with Crippen molar-refractivity contribution in [3.8, 4) is 0 Å². The van der Waals surface area contributed by atoms with E-state index in [0.717, 1.165) is 12.0 Å². The summed E-state index contributed by atoms with van der Waals surface area (Å²) < 4.78 is 14.2. The Morgan fingerprint density at radius 2 is 1.84 bits per heavy atom. The normalized spacial score (nSPS) is 12.6. The van der Waals surface area contributed by atoms with Crippen molar-refractivity contribution in [3.63, 3.8) is 0 Å². The summed E-state index contributed by atoms with van der Waals surface area (Å²) in [6.45, 7) is 1.83. The van der Waals surface area contributed by atoms with Crippen LogP contribution in [0.4, 0.5) is 32.1 Å². The van der Waals surface area contributed by atoms with Crippen LogP contribution in [0.1, 0.15) is 22.3 Å². The van der Waals surface area contributed by atoms with Gasteiger partial charge in [-0.2, -0.15) is 0 Å². The lowest BCUT2D eigenvalue weighted by Gasteiger charge is -2.30. The summed E-state index contributed by atoms with van der Waals surface area (Å²) in [4.78, 5) is 29.8. The molecule has 0 bridgehead atoms. The number of anilines is 4. The number of carbonyl (C=O) groups is 2. The molecule has 9 heteroatoms. The van der Waals surface area contributed by atoms with Gasteiger partial charge in [0.1, 0.15) is 11.6 Å². The Morgan fingerprint density at radius 3 is 2.53 bits per heavy atom. The van der Waals surface area contributed by atoms with Crippen molar-refractivity contribution in [3.05, 3.63) is 77.7 Å². The molecular weight excluding hydrogens is 411 g/mol. The molecule has 1 saturated heterocycles. The van der Waals surface area contributed by atoms with E-state index >= 15 is 0 Å². The monoisotopic (exact) mass is 434 g/mol. The number of carbonyl (C=O) groups excluding carboxylic acids is 2. The van der Waals surface area contributed by atoms with Gasteiger partial charge in [0, 0.05) is 37.6 Å². The Hall–Kier alpha value is -4.14. The minimum absolute atomic E-state index is 0.0723. The number of urea groups is 1. The van der Waals surface area contributed by atoms with Crippen molar-refractivity contribution in [2.45, 2.75) is 13.0 Å². The van der Waals surface area contributed by atoms with Crippen molar-refractivity contribution in [1.82, 2.24) is 9.88 Å². The van der Waals surface area contributed by atoms with Gasteiger partial charge in [0.15, 0.2) is 0 Å². The summed E-state index contributed by atoms with van der Waals surface area (Å²) in [5.74, 6) is -0.707. The molecule has 0 radical (unpaired) electrons. The zero-order valence-corrected chi connectivity index (χ0v) is 17.3. The zero-order chi connectivity index (χ0) is 22.5. The molecule has 2 heterocycles. The van der Waals surface area contributed by atoms with Gasteiger partial charge in [-0.05, 0) is 30.2 Å². The van der Waals surface area contributed by atoms with Crippen LogP contribution in [-0.4, -0.2) is 34.9 Å². The number of benzene rings is 2. The number of nitrogens with two attached hydrogens (primary N) is 1. The molecule has 3 amide bonds. The van der Waals surface area contributed by atoms with Gasteiger partial charge in [-0.15, -0.1) is 0 Å². The molecule has 0 atom stereocenters. The van der Waals surface area contributed by atoms with Gasteiger partial charge in [0.25, 0.3) is 5.91 Å². The number of likely N-dealkylation sites (tertiary alicyclic amines) is 1. The van der Waals surface area contributed by atoms with Crippen molar-refractivity contribution >= 4 is 34.8 Å².